The van der Waals surface area contributed by atoms with Gasteiger partial charge in [0.2, 0.25) is 0 Å². The van der Waals surface area contributed by atoms with E-state index in [-0.39, 0.29) is 11.7 Å². The summed E-state index contributed by atoms with van der Waals surface area (Å²) in [6.45, 7) is 4.25. The van der Waals surface area contributed by atoms with Gasteiger partial charge in [0.25, 0.3) is 5.91 Å². The smallest absolute Gasteiger partial charge is 0.255 e. The summed E-state index contributed by atoms with van der Waals surface area (Å²) in [5.41, 5.74) is 2.38. The number of anilines is 1. The number of phenolic OH excluding ortho intramolecular Hbond substituents is 1. The van der Waals surface area contributed by atoms with Gasteiger partial charge in [-0.05, 0) is 57.7 Å². The fourth-order valence-electron chi connectivity index (χ4n) is 1.81. The predicted octanol–water partition coefficient (Wildman–Crippen LogP) is 4.53. The van der Waals surface area contributed by atoms with E-state index in [1.54, 1.807) is 12.1 Å². The molecule has 0 aromatic heterocycles. The zero-order valence-electron chi connectivity index (χ0n) is 11.4. The minimum Gasteiger partial charge on any atom is -0.507 e. The van der Waals surface area contributed by atoms with Crippen LogP contribution in [0.5, 0.6) is 5.75 Å². The van der Waals surface area contributed by atoms with Crippen molar-refractivity contribution in [2.45, 2.75) is 19.8 Å². The summed E-state index contributed by atoms with van der Waals surface area (Å²) in [5, 5.41) is 12.4. The van der Waals surface area contributed by atoms with E-state index in [0.29, 0.717) is 16.0 Å². The Labute approximate surface area is 126 Å². The maximum absolute atomic E-state index is 12.1. The molecule has 3 nitrogen and oxygen atoms in total. The Kier molecular flexibility index (Phi) is 4.45. The monoisotopic (exact) mass is 333 g/mol. The molecule has 0 aliphatic heterocycles. The summed E-state index contributed by atoms with van der Waals surface area (Å²) in [5.74, 6) is 0.265. The van der Waals surface area contributed by atoms with Gasteiger partial charge in [0.05, 0.1) is 4.47 Å². The number of rotatable bonds is 3. The maximum Gasteiger partial charge on any atom is 0.255 e. The summed E-state index contributed by atoms with van der Waals surface area (Å²) in [7, 11) is 0. The SMILES string of the molecule is CC(C)c1ccc(NC(=O)c2ccc(Br)c(O)c2)cc1. The Bertz CT molecular complexity index is 621. The minimum absolute atomic E-state index is 0.0489. The lowest BCUT2D eigenvalue weighted by molar-refractivity contribution is 0.102. The Hall–Kier alpha value is -1.81. The number of carbonyl (C=O) groups excluding carboxylic acids is 1. The maximum atomic E-state index is 12.1. The summed E-state index contributed by atoms with van der Waals surface area (Å²) < 4.78 is 0.565. The van der Waals surface area contributed by atoms with Crippen molar-refractivity contribution in [3.8, 4) is 5.75 Å². The molecule has 20 heavy (non-hydrogen) atoms. The first-order valence-corrected chi connectivity index (χ1v) is 7.16. The van der Waals surface area contributed by atoms with Crippen LogP contribution in [0.1, 0.15) is 35.7 Å². The molecule has 2 aromatic carbocycles. The van der Waals surface area contributed by atoms with Crippen molar-refractivity contribution in [3.63, 3.8) is 0 Å². The average Bonchev–Trinajstić information content (AvgIpc) is 2.42. The number of halogens is 1. The van der Waals surface area contributed by atoms with Crippen molar-refractivity contribution in [3.05, 3.63) is 58.1 Å². The molecule has 104 valence electrons. The van der Waals surface area contributed by atoms with E-state index in [1.807, 2.05) is 24.3 Å². The molecule has 0 aliphatic carbocycles. The van der Waals surface area contributed by atoms with Crippen molar-refractivity contribution in [2.24, 2.45) is 0 Å². The van der Waals surface area contributed by atoms with Crippen molar-refractivity contribution < 1.29 is 9.90 Å². The molecule has 0 saturated carbocycles. The number of hydrogen-bond acceptors (Lipinski definition) is 2. The third kappa shape index (κ3) is 3.39. The third-order valence-electron chi connectivity index (χ3n) is 3.04. The lowest BCUT2D eigenvalue weighted by Crippen LogP contribution is -2.11. The molecular weight excluding hydrogens is 318 g/mol. The molecule has 0 spiro atoms. The van der Waals surface area contributed by atoms with Gasteiger partial charge in [0.15, 0.2) is 0 Å². The van der Waals surface area contributed by atoms with E-state index in [1.165, 1.54) is 11.6 Å². The standard InChI is InChI=1S/C16H16BrNO2/c1-10(2)11-3-6-13(7-4-11)18-16(20)12-5-8-14(17)15(19)9-12/h3-10,19H,1-2H3,(H,18,20). The first kappa shape index (κ1) is 14.6. The zero-order valence-corrected chi connectivity index (χ0v) is 12.9. The van der Waals surface area contributed by atoms with Crippen LogP contribution in [0.25, 0.3) is 0 Å². The summed E-state index contributed by atoms with van der Waals surface area (Å²) in [6, 6.07) is 12.5. The van der Waals surface area contributed by atoms with Crippen LogP contribution in [0.4, 0.5) is 5.69 Å². The highest BCUT2D eigenvalue weighted by Gasteiger charge is 2.09. The quantitative estimate of drug-likeness (QED) is 0.866. The van der Waals surface area contributed by atoms with Crippen LogP contribution in [0, 0.1) is 0 Å². The fourth-order valence-corrected chi connectivity index (χ4v) is 2.06. The molecule has 0 aliphatic rings. The Morgan fingerprint density at radius 1 is 1.15 bits per heavy atom. The molecule has 0 atom stereocenters. The average molecular weight is 334 g/mol. The highest BCUT2D eigenvalue weighted by molar-refractivity contribution is 9.10. The second-order valence-electron chi connectivity index (χ2n) is 4.90. The highest BCUT2D eigenvalue weighted by atomic mass is 79.9. The van der Waals surface area contributed by atoms with Crippen LogP contribution in [0.15, 0.2) is 46.9 Å². The second kappa shape index (κ2) is 6.09. The van der Waals surface area contributed by atoms with Gasteiger partial charge in [-0.1, -0.05) is 26.0 Å². The van der Waals surface area contributed by atoms with Crippen LogP contribution in [-0.2, 0) is 0 Å². The van der Waals surface area contributed by atoms with Crippen molar-refractivity contribution in [1.29, 1.82) is 0 Å². The molecule has 0 saturated heterocycles. The lowest BCUT2D eigenvalue weighted by atomic mass is 10.0. The molecule has 0 bridgehead atoms. The summed E-state index contributed by atoms with van der Waals surface area (Å²) in [6.07, 6.45) is 0. The molecule has 2 aromatic rings. The highest BCUT2D eigenvalue weighted by Crippen LogP contribution is 2.25. The van der Waals surface area contributed by atoms with Crippen LogP contribution in [0.2, 0.25) is 0 Å². The number of amides is 1. The van der Waals surface area contributed by atoms with Crippen LogP contribution >= 0.6 is 15.9 Å². The van der Waals surface area contributed by atoms with Crippen molar-refractivity contribution >= 4 is 27.5 Å². The first-order chi connectivity index (χ1) is 9.47. The van der Waals surface area contributed by atoms with Gasteiger partial charge in [-0.3, -0.25) is 4.79 Å². The number of aromatic hydroxyl groups is 1. The third-order valence-corrected chi connectivity index (χ3v) is 3.71. The molecule has 0 radical (unpaired) electrons. The summed E-state index contributed by atoms with van der Waals surface area (Å²) >= 11 is 3.19. The van der Waals surface area contributed by atoms with E-state index in [9.17, 15) is 9.90 Å². The van der Waals surface area contributed by atoms with Gasteiger partial charge in [-0.2, -0.15) is 0 Å². The van der Waals surface area contributed by atoms with E-state index >= 15 is 0 Å². The number of carbonyl (C=O) groups is 1. The van der Waals surface area contributed by atoms with Gasteiger partial charge in [0.1, 0.15) is 5.75 Å². The van der Waals surface area contributed by atoms with Crippen molar-refractivity contribution in [2.75, 3.05) is 5.32 Å². The van der Waals surface area contributed by atoms with E-state index in [2.05, 4.69) is 35.1 Å². The topological polar surface area (TPSA) is 49.3 Å². The number of hydrogen-bond donors (Lipinski definition) is 2. The van der Waals surface area contributed by atoms with Gasteiger partial charge < -0.3 is 10.4 Å². The van der Waals surface area contributed by atoms with Gasteiger partial charge >= 0.3 is 0 Å². The fraction of sp³-hybridized carbons (Fsp3) is 0.188. The van der Waals surface area contributed by atoms with Gasteiger partial charge in [0, 0.05) is 11.3 Å². The molecule has 2 N–H and O–H groups in total. The van der Waals surface area contributed by atoms with Crippen LogP contribution in [-0.4, -0.2) is 11.0 Å². The van der Waals surface area contributed by atoms with E-state index in [4.69, 9.17) is 0 Å². The van der Waals surface area contributed by atoms with Gasteiger partial charge in [-0.15, -0.1) is 0 Å². The number of benzene rings is 2. The minimum atomic E-state index is -0.245. The molecule has 4 heteroatoms. The molecule has 2 rings (SSSR count). The Balaban J connectivity index is 2.12. The normalized spacial score (nSPS) is 10.6. The number of phenols is 1. The van der Waals surface area contributed by atoms with Crippen LogP contribution < -0.4 is 5.32 Å². The molecule has 0 fully saturated rings. The summed E-state index contributed by atoms with van der Waals surface area (Å²) in [4.78, 5) is 12.1. The van der Waals surface area contributed by atoms with Crippen LogP contribution in [0.3, 0.4) is 0 Å². The Morgan fingerprint density at radius 2 is 1.80 bits per heavy atom. The predicted molar refractivity (Wildman–Crippen MR) is 84.3 cm³/mol. The molecule has 0 unspecified atom stereocenters. The molecular formula is C16H16BrNO2. The molecule has 1 amide bonds. The van der Waals surface area contributed by atoms with Crippen molar-refractivity contribution in [1.82, 2.24) is 0 Å². The second-order valence-corrected chi connectivity index (χ2v) is 5.75. The molecule has 0 heterocycles. The zero-order chi connectivity index (χ0) is 14.7. The largest absolute Gasteiger partial charge is 0.507 e. The van der Waals surface area contributed by atoms with E-state index < -0.39 is 0 Å². The first-order valence-electron chi connectivity index (χ1n) is 6.37. The number of nitrogens with one attached hydrogen (secondary N) is 1. The Morgan fingerprint density at radius 3 is 2.35 bits per heavy atom. The lowest BCUT2D eigenvalue weighted by Gasteiger charge is -2.09. The van der Waals surface area contributed by atoms with E-state index in [0.717, 1.165) is 5.69 Å². The van der Waals surface area contributed by atoms with Gasteiger partial charge in [-0.25, -0.2) is 0 Å².